The van der Waals surface area contributed by atoms with Gasteiger partial charge in [0.1, 0.15) is 11.6 Å². The van der Waals surface area contributed by atoms with Gasteiger partial charge in [0.15, 0.2) is 0 Å². The zero-order chi connectivity index (χ0) is 30.4. The largest absolute Gasteiger partial charge is 0.481 e. The third kappa shape index (κ3) is 7.65. The molecule has 0 radical (unpaired) electrons. The van der Waals surface area contributed by atoms with Crippen molar-refractivity contribution in [3.63, 3.8) is 0 Å². The predicted molar refractivity (Wildman–Crippen MR) is 160 cm³/mol. The number of carbonyl (C=O) groups is 1. The first-order valence-corrected chi connectivity index (χ1v) is 13.8. The maximum atomic E-state index is 13.9. The smallest absolute Gasteiger partial charge is 0.305 e. The zero-order valence-electron chi connectivity index (χ0n) is 24.1. The molecule has 10 heteroatoms. The second-order valence-electron chi connectivity index (χ2n) is 10.6. The summed E-state index contributed by atoms with van der Waals surface area (Å²) in [5.41, 5.74) is 4.72. The quantitative estimate of drug-likeness (QED) is 0.206. The second kappa shape index (κ2) is 13.5. The van der Waals surface area contributed by atoms with Crippen LogP contribution in [0.15, 0.2) is 66.9 Å². The van der Waals surface area contributed by atoms with E-state index in [1.165, 1.54) is 18.2 Å². The number of carboxylic acids is 1. The van der Waals surface area contributed by atoms with Gasteiger partial charge in [-0.2, -0.15) is 5.10 Å². The number of aliphatic carboxylic acids is 1. The van der Waals surface area contributed by atoms with Crippen molar-refractivity contribution >= 4 is 23.8 Å². The van der Waals surface area contributed by atoms with Crippen molar-refractivity contribution in [3.05, 3.63) is 95.1 Å². The lowest BCUT2D eigenvalue weighted by Crippen LogP contribution is -2.23. The van der Waals surface area contributed by atoms with Crippen LogP contribution in [0.5, 0.6) is 0 Å². The minimum absolute atomic E-state index is 0.0619. The van der Waals surface area contributed by atoms with E-state index < -0.39 is 24.6 Å². The molecule has 0 aliphatic heterocycles. The molecule has 0 aliphatic carbocycles. The molecule has 0 amide bonds. The average Bonchev–Trinajstić information content (AvgIpc) is 3.36. The van der Waals surface area contributed by atoms with Gasteiger partial charge in [0.2, 0.25) is 5.95 Å². The number of halogens is 1. The Hall–Kier alpha value is -4.41. The molecule has 0 saturated carbocycles. The summed E-state index contributed by atoms with van der Waals surface area (Å²) in [7, 11) is 1.85. The highest BCUT2D eigenvalue weighted by Gasteiger charge is 2.23. The maximum absolute atomic E-state index is 13.9. The van der Waals surface area contributed by atoms with Gasteiger partial charge in [-0.1, -0.05) is 55.8 Å². The number of carboxylic acid groups (broad SMARTS) is 1. The summed E-state index contributed by atoms with van der Waals surface area (Å²) >= 11 is 0. The first kappa shape index (κ1) is 30.5. The number of aliphatic hydroxyl groups is 2. The van der Waals surface area contributed by atoms with E-state index in [1.807, 2.05) is 50.9 Å². The standard InChI is InChI=1S/C32H36FN5O4/c1-20(2)30-27(14-13-25(39)17-26(40)18-29(41)42)31(23-9-11-24(33)12-10-23)36-32(35-30)38(28-15-16-34-37(28)4)19-22-7-5-21(3)6-8-22/h5-16,20,25-26,39-40H,17-19H2,1-4H3,(H,41,42)/b14-13+/t25-,26-/m1/s1. The van der Waals surface area contributed by atoms with Gasteiger partial charge in [-0.15, -0.1) is 0 Å². The van der Waals surface area contributed by atoms with Crippen LogP contribution < -0.4 is 4.90 Å². The topological polar surface area (TPSA) is 125 Å². The van der Waals surface area contributed by atoms with Crippen LogP contribution in [-0.2, 0) is 18.4 Å². The Balaban J connectivity index is 1.85. The van der Waals surface area contributed by atoms with Crippen LogP contribution in [0.2, 0.25) is 0 Å². The number of aryl methyl sites for hydroxylation is 2. The van der Waals surface area contributed by atoms with E-state index in [0.717, 1.165) is 16.9 Å². The lowest BCUT2D eigenvalue weighted by atomic mass is 9.97. The molecule has 2 aromatic heterocycles. The fourth-order valence-electron chi connectivity index (χ4n) is 4.64. The van der Waals surface area contributed by atoms with Crippen LogP contribution in [0, 0.1) is 12.7 Å². The van der Waals surface area contributed by atoms with E-state index in [0.29, 0.717) is 35.0 Å². The molecule has 2 heterocycles. The number of rotatable bonds is 12. The van der Waals surface area contributed by atoms with Crippen molar-refractivity contribution in [1.29, 1.82) is 0 Å². The summed E-state index contributed by atoms with van der Waals surface area (Å²) in [6.45, 7) is 6.50. The van der Waals surface area contributed by atoms with E-state index in [9.17, 15) is 19.4 Å². The first-order chi connectivity index (χ1) is 20.0. The van der Waals surface area contributed by atoms with E-state index in [1.54, 1.807) is 29.1 Å². The molecule has 42 heavy (non-hydrogen) atoms. The van der Waals surface area contributed by atoms with Gasteiger partial charge < -0.3 is 15.3 Å². The number of anilines is 2. The van der Waals surface area contributed by atoms with Gasteiger partial charge in [0, 0.05) is 30.7 Å². The zero-order valence-corrected chi connectivity index (χ0v) is 24.1. The molecular weight excluding hydrogens is 537 g/mol. The van der Waals surface area contributed by atoms with Crippen molar-refractivity contribution in [2.75, 3.05) is 4.90 Å². The van der Waals surface area contributed by atoms with Crippen LogP contribution in [0.25, 0.3) is 17.3 Å². The number of nitrogens with zero attached hydrogens (tertiary/aromatic N) is 5. The van der Waals surface area contributed by atoms with Gasteiger partial charge >= 0.3 is 5.97 Å². The molecule has 0 unspecified atom stereocenters. The summed E-state index contributed by atoms with van der Waals surface area (Å²) in [4.78, 5) is 22.9. The minimum Gasteiger partial charge on any atom is -0.481 e. The Kier molecular flexibility index (Phi) is 9.82. The Bertz CT molecular complexity index is 1530. The lowest BCUT2D eigenvalue weighted by Gasteiger charge is -2.25. The molecule has 0 aliphatic rings. The summed E-state index contributed by atoms with van der Waals surface area (Å²) in [5.74, 6) is -0.383. The normalized spacial score (nSPS) is 13.0. The van der Waals surface area contributed by atoms with Crippen molar-refractivity contribution in [2.45, 2.75) is 58.3 Å². The maximum Gasteiger partial charge on any atom is 0.305 e. The van der Waals surface area contributed by atoms with Gasteiger partial charge in [0.05, 0.1) is 42.8 Å². The third-order valence-electron chi connectivity index (χ3n) is 6.81. The summed E-state index contributed by atoms with van der Waals surface area (Å²) < 4.78 is 15.7. The Morgan fingerprint density at radius 3 is 2.33 bits per heavy atom. The first-order valence-electron chi connectivity index (χ1n) is 13.8. The van der Waals surface area contributed by atoms with Gasteiger partial charge in [-0.25, -0.2) is 14.4 Å². The highest BCUT2D eigenvalue weighted by atomic mass is 19.1. The summed E-state index contributed by atoms with van der Waals surface area (Å²) in [6.07, 6.45) is 1.97. The molecule has 4 aromatic rings. The van der Waals surface area contributed by atoms with Crippen LogP contribution in [0.3, 0.4) is 0 Å². The van der Waals surface area contributed by atoms with Gasteiger partial charge in [-0.05, 0) is 42.7 Å². The molecular formula is C32H36FN5O4. The Labute approximate surface area is 244 Å². The fraction of sp³-hybridized carbons (Fsp3) is 0.312. The summed E-state index contributed by atoms with van der Waals surface area (Å²) in [5, 5.41) is 33.8. The number of aromatic nitrogens is 4. The van der Waals surface area contributed by atoms with E-state index in [2.05, 4.69) is 17.2 Å². The van der Waals surface area contributed by atoms with E-state index >= 15 is 0 Å². The van der Waals surface area contributed by atoms with Crippen molar-refractivity contribution < 1.29 is 24.5 Å². The SMILES string of the molecule is Cc1ccc(CN(c2nc(-c3ccc(F)cc3)c(/C=C/[C@@H](O)C[C@@H](O)CC(=O)O)c(C(C)C)n2)c2ccnn2C)cc1. The van der Waals surface area contributed by atoms with Gasteiger partial charge in [-0.3, -0.25) is 14.4 Å². The number of hydrogen-bond acceptors (Lipinski definition) is 7. The molecule has 4 rings (SSSR count). The van der Waals surface area contributed by atoms with E-state index in [-0.39, 0.29) is 18.2 Å². The molecule has 0 fully saturated rings. The van der Waals surface area contributed by atoms with Crippen molar-refractivity contribution in [2.24, 2.45) is 7.05 Å². The molecule has 0 saturated heterocycles. The van der Waals surface area contributed by atoms with Crippen LogP contribution in [0.4, 0.5) is 16.2 Å². The second-order valence-corrected chi connectivity index (χ2v) is 10.6. The van der Waals surface area contributed by atoms with Gasteiger partial charge in [0.25, 0.3) is 0 Å². The average molecular weight is 574 g/mol. The highest BCUT2D eigenvalue weighted by Crippen LogP contribution is 2.34. The number of aliphatic hydroxyl groups excluding tert-OH is 2. The monoisotopic (exact) mass is 573 g/mol. The van der Waals surface area contributed by atoms with Crippen LogP contribution in [0.1, 0.15) is 55.0 Å². The fourth-order valence-corrected chi connectivity index (χ4v) is 4.64. The highest BCUT2D eigenvalue weighted by molar-refractivity contribution is 5.75. The Morgan fingerprint density at radius 2 is 1.74 bits per heavy atom. The molecule has 220 valence electrons. The lowest BCUT2D eigenvalue weighted by molar-refractivity contribution is -0.139. The molecule has 2 aromatic carbocycles. The molecule has 2 atom stereocenters. The summed E-state index contributed by atoms with van der Waals surface area (Å²) in [6, 6.07) is 16.1. The molecule has 0 bridgehead atoms. The third-order valence-corrected chi connectivity index (χ3v) is 6.81. The number of benzene rings is 2. The molecule has 9 nitrogen and oxygen atoms in total. The predicted octanol–water partition coefficient (Wildman–Crippen LogP) is 5.39. The molecule has 3 N–H and O–H groups in total. The van der Waals surface area contributed by atoms with Crippen molar-refractivity contribution in [3.8, 4) is 11.3 Å². The van der Waals surface area contributed by atoms with E-state index in [4.69, 9.17) is 15.1 Å². The van der Waals surface area contributed by atoms with Crippen LogP contribution >= 0.6 is 0 Å². The van der Waals surface area contributed by atoms with Crippen molar-refractivity contribution in [1.82, 2.24) is 19.7 Å². The number of hydrogen-bond donors (Lipinski definition) is 3. The molecule has 0 spiro atoms. The van der Waals surface area contributed by atoms with Crippen LogP contribution in [-0.4, -0.2) is 53.2 Å². The minimum atomic E-state index is -1.20. The Morgan fingerprint density at radius 1 is 1.05 bits per heavy atom.